The van der Waals surface area contributed by atoms with E-state index in [1.54, 1.807) is 33.0 Å². The van der Waals surface area contributed by atoms with Gasteiger partial charge in [-0.2, -0.15) is 0 Å². The lowest BCUT2D eigenvalue weighted by molar-refractivity contribution is 0.0189. The molecule has 3 rings (SSSR count). The van der Waals surface area contributed by atoms with Gasteiger partial charge in [0.05, 0.1) is 24.9 Å². The minimum atomic E-state index is -1.02. The van der Waals surface area contributed by atoms with E-state index >= 15 is 0 Å². The van der Waals surface area contributed by atoms with Gasteiger partial charge in [0, 0.05) is 17.3 Å². The second-order valence-electron chi connectivity index (χ2n) is 8.54. The molecule has 2 atom stereocenters. The van der Waals surface area contributed by atoms with Gasteiger partial charge in [0.1, 0.15) is 11.7 Å². The van der Waals surface area contributed by atoms with Gasteiger partial charge >= 0.3 is 6.09 Å². The van der Waals surface area contributed by atoms with Crippen LogP contribution in [0.15, 0.2) is 79.0 Å². The number of carbonyl (C=O) groups is 1. The van der Waals surface area contributed by atoms with Gasteiger partial charge in [0.25, 0.3) is 0 Å². The van der Waals surface area contributed by atoms with E-state index in [0.717, 1.165) is 16.8 Å². The average Bonchev–Trinajstić information content (AvgIpc) is 2.78. The summed E-state index contributed by atoms with van der Waals surface area (Å²) in [7, 11) is 0. The van der Waals surface area contributed by atoms with Gasteiger partial charge in [0.2, 0.25) is 0 Å². The number of rotatable bonds is 8. The predicted octanol–water partition coefficient (Wildman–Crippen LogP) is 4.89. The molecule has 0 saturated heterocycles. The summed E-state index contributed by atoms with van der Waals surface area (Å²) < 4.78 is 11.2. The number of hydrogen-bond acceptors (Lipinski definition) is 5. The van der Waals surface area contributed by atoms with Crippen molar-refractivity contribution in [2.45, 2.75) is 45.1 Å². The predicted molar refractivity (Wildman–Crippen MR) is 124 cm³/mol. The maximum absolute atomic E-state index is 12.4. The molecule has 2 unspecified atom stereocenters. The zero-order valence-electron chi connectivity index (χ0n) is 18.7. The molecule has 6 heteroatoms. The lowest BCUT2D eigenvalue weighted by atomic mass is 10.0. The van der Waals surface area contributed by atoms with Crippen LogP contribution < -0.4 is 5.32 Å². The van der Waals surface area contributed by atoms with Crippen molar-refractivity contribution in [3.8, 4) is 11.3 Å². The Morgan fingerprint density at radius 1 is 1.00 bits per heavy atom. The van der Waals surface area contributed by atoms with Crippen LogP contribution >= 0.6 is 0 Å². The zero-order valence-corrected chi connectivity index (χ0v) is 18.7. The number of ether oxygens (including phenoxy) is 2. The zero-order chi connectivity index (χ0) is 23.0. The van der Waals surface area contributed by atoms with E-state index in [0.29, 0.717) is 12.2 Å². The number of carbonyl (C=O) groups excluding carboxylic acids is 1. The van der Waals surface area contributed by atoms with Crippen molar-refractivity contribution in [3.63, 3.8) is 0 Å². The van der Waals surface area contributed by atoms with E-state index in [2.05, 4.69) is 10.3 Å². The molecule has 0 bridgehead atoms. The Kier molecular flexibility index (Phi) is 7.98. The van der Waals surface area contributed by atoms with Gasteiger partial charge in [-0.1, -0.05) is 66.7 Å². The van der Waals surface area contributed by atoms with Crippen molar-refractivity contribution >= 4 is 6.09 Å². The third kappa shape index (κ3) is 7.18. The second-order valence-corrected chi connectivity index (χ2v) is 8.54. The molecular weight excluding hydrogens is 404 g/mol. The topological polar surface area (TPSA) is 80.7 Å². The summed E-state index contributed by atoms with van der Waals surface area (Å²) in [5, 5.41) is 13.7. The van der Waals surface area contributed by atoms with Gasteiger partial charge in [0.15, 0.2) is 0 Å². The molecule has 1 heterocycles. The number of pyridine rings is 1. The first-order valence-electron chi connectivity index (χ1n) is 10.6. The third-order valence-corrected chi connectivity index (χ3v) is 4.69. The van der Waals surface area contributed by atoms with Crippen LogP contribution in [0.4, 0.5) is 4.79 Å². The molecule has 2 aromatic carbocycles. The van der Waals surface area contributed by atoms with Crippen LogP contribution in [-0.4, -0.2) is 34.4 Å². The first kappa shape index (κ1) is 23.4. The molecule has 0 saturated carbocycles. The van der Waals surface area contributed by atoms with E-state index < -0.39 is 23.8 Å². The highest BCUT2D eigenvalue weighted by Gasteiger charge is 2.26. The normalized spacial score (nSPS) is 13.2. The van der Waals surface area contributed by atoms with E-state index in [1.165, 1.54) is 0 Å². The fourth-order valence-corrected chi connectivity index (χ4v) is 3.14. The summed E-state index contributed by atoms with van der Waals surface area (Å²) in [6, 6.07) is 22.5. The molecular formula is C26H30N2O4. The monoisotopic (exact) mass is 434 g/mol. The SMILES string of the molecule is CC(C)(C)OC(=O)NC(COCc1ccccc1)C(O)c1ccc(-c2ccccc2)nc1. The Labute approximate surface area is 189 Å². The quantitative estimate of drug-likeness (QED) is 0.527. The van der Waals surface area contributed by atoms with Crippen molar-refractivity contribution in [1.29, 1.82) is 0 Å². The highest BCUT2D eigenvalue weighted by Crippen LogP contribution is 2.22. The standard InChI is InChI=1S/C26H30N2O4/c1-26(2,3)32-25(30)28-23(18-31-17-19-10-6-4-7-11-19)24(29)21-14-15-22(27-16-21)20-12-8-5-9-13-20/h4-16,23-24,29H,17-18H2,1-3H3,(H,28,30). The molecule has 2 N–H and O–H groups in total. The van der Waals surface area contributed by atoms with Crippen molar-refractivity contribution in [1.82, 2.24) is 10.3 Å². The van der Waals surface area contributed by atoms with E-state index in [4.69, 9.17) is 9.47 Å². The molecule has 0 aliphatic heterocycles. The highest BCUT2D eigenvalue weighted by molar-refractivity contribution is 5.68. The number of nitrogens with one attached hydrogen (secondary N) is 1. The average molecular weight is 435 g/mol. The maximum Gasteiger partial charge on any atom is 0.408 e. The van der Waals surface area contributed by atoms with Gasteiger partial charge < -0.3 is 19.9 Å². The smallest absolute Gasteiger partial charge is 0.408 e. The Bertz CT molecular complexity index is 970. The van der Waals surface area contributed by atoms with Crippen LogP contribution in [0, 0.1) is 0 Å². The fourth-order valence-electron chi connectivity index (χ4n) is 3.14. The first-order valence-corrected chi connectivity index (χ1v) is 10.6. The number of benzene rings is 2. The van der Waals surface area contributed by atoms with Crippen molar-refractivity contribution in [3.05, 3.63) is 90.1 Å². The molecule has 6 nitrogen and oxygen atoms in total. The number of aliphatic hydroxyl groups excluding tert-OH is 1. The Balaban J connectivity index is 1.70. The summed E-state index contributed by atoms with van der Waals surface area (Å²) >= 11 is 0. The molecule has 0 fully saturated rings. The van der Waals surface area contributed by atoms with Crippen molar-refractivity contribution < 1.29 is 19.4 Å². The van der Waals surface area contributed by atoms with E-state index in [-0.39, 0.29) is 6.61 Å². The minimum Gasteiger partial charge on any atom is -0.444 e. The lowest BCUT2D eigenvalue weighted by Crippen LogP contribution is -2.44. The van der Waals surface area contributed by atoms with E-state index in [1.807, 2.05) is 66.7 Å². The molecule has 0 aliphatic rings. The number of aliphatic hydroxyl groups is 1. The Hall–Kier alpha value is -3.22. The van der Waals surface area contributed by atoms with Crippen LogP contribution in [0.2, 0.25) is 0 Å². The Morgan fingerprint density at radius 2 is 1.66 bits per heavy atom. The van der Waals surface area contributed by atoms with Crippen LogP contribution in [0.1, 0.15) is 38.0 Å². The van der Waals surface area contributed by atoms with Gasteiger partial charge in [-0.15, -0.1) is 0 Å². The summed E-state index contributed by atoms with van der Waals surface area (Å²) in [4.78, 5) is 16.8. The molecule has 1 aromatic heterocycles. The van der Waals surface area contributed by atoms with Gasteiger partial charge in [-0.25, -0.2) is 4.79 Å². The molecule has 168 valence electrons. The van der Waals surface area contributed by atoms with Crippen molar-refractivity contribution in [2.24, 2.45) is 0 Å². The number of aromatic nitrogens is 1. The number of nitrogens with zero attached hydrogens (tertiary/aromatic N) is 1. The van der Waals surface area contributed by atoms with Crippen LogP contribution in [0.25, 0.3) is 11.3 Å². The summed E-state index contributed by atoms with van der Waals surface area (Å²) in [6.45, 7) is 5.84. The van der Waals surface area contributed by atoms with Crippen LogP contribution in [-0.2, 0) is 16.1 Å². The fraction of sp³-hybridized carbons (Fsp3) is 0.308. The number of hydrogen-bond donors (Lipinski definition) is 2. The molecule has 0 radical (unpaired) electrons. The molecule has 0 spiro atoms. The molecule has 3 aromatic rings. The minimum absolute atomic E-state index is 0.107. The van der Waals surface area contributed by atoms with Gasteiger partial charge in [-0.05, 0) is 32.4 Å². The third-order valence-electron chi connectivity index (χ3n) is 4.69. The Morgan fingerprint density at radius 3 is 2.25 bits per heavy atom. The number of amides is 1. The largest absolute Gasteiger partial charge is 0.444 e. The second kappa shape index (κ2) is 10.9. The molecule has 32 heavy (non-hydrogen) atoms. The summed E-state index contributed by atoms with van der Waals surface area (Å²) in [6.07, 6.45) is -0.0112. The molecule has 1 amide bonds. The van der Waals surface area contributed by atoms with E-state index in [9.17, 15) is 9.90 Å². The number of alkyl carbamates (subject to hydrolysis) is 1. The van der Waals surface area contributed by atoms with Crippen LogP contribution in [0.3, 0.4) is 0 Å². The lowest BCUT2D eigenvalue weighted by Gasteiger charge is -2.27. The summed E-state index contributed by atoms with van der Waals surface area (Å²) in [5.41, 5.74) is 2.73. The van der Waals surface area contributed by atoms with Crippen molar-refractivity contribution in [2.75, 3.05) is 6.61 Å². The highest BCUT2D eigenvalue weighted by atomic mass is 16.6. The maximum atomic E-state index is 12.4. The van der Waals surface area contributed by atoms with Crippen LogP contribution in [0.5, 0.6) is 0 Å². The first-order chi connectivity index (χ1) is 15.3. The van der Waals surface area contributed by atoms with Gasteiger partial charge in [-0.3, -0.25) is 4.98 Å². The summed E-state index contributed by atoms with van der Waals surface area (Å²) in [5.74, 6) is 0. The molecule has 0 aliphatic carbocycles.